The molecule has 1 aromatic heterocycles. The van der Waals surface area contributed by atoms with Crippen molar-refractivity contribution >= 4 is 11.8 Å². The minimum absolute atomic E-state index is 0.476. The van der Waals surface area contributed by atoms with Gasteiger partial charge in [-0.15, -0.1) is 11.8 Å². The second-order valence-electron chi connectivity index (χ2n) is 3.13. The van der Waals surface area contributed by atoms with Gasteiger partial charge in [-0.3, -0.25) is 0 Å². The molecule has 0 saturated heterocycles. The Kier molecular flexibility index (Phi) is 4.15. The van der Waals surface area contributed by atoms with Gasteiger partial charge < -0.3 is 0 Å². The first-order valence-corrected chi connectivity index (χ1v) is 5.55. The first-order chi connectivity index (χ1) is 7.19. The number of hydrogen-bond donors (Lipinski definition) is 0. The zero-order valence-electron chi connectivity index (χ0n) is 8.74. The van der Waals surface area contributed by atoms with Crippen molar-refractivity contribution in [1.29, 1.82) is 10.5 Å². The molecule has 1 aromatic rings. The van der Waals surface area contributed by atoms with Crippen LogP contribution in [0.5, 0.6) is 0 Å². The summed E-state index contributed by atoms with van der Waals surface area (Å²) in [5, 5.41) is 18.2. The van der Waals surface area contributed by atoms with Crippen LogP contribution in [0.4, 0.5) is 0 Å². The molecule has 0 atom stereocenters. The number of pyridine rings is 1. The fourth-order valence-electron chi connectivity index (χ4n) is 1.24. The van der Waals surface area contributed by atoms with Gasteiger partial charge in [-0.05, 0) is 25.5 Å². The molecular formula is C11H11N3S. The van der Waals surface area contributed by atoms with Gasteiger partial charge in [0.25, 0.3) is 0 Å². The van der Waals surface area contributed by atoms with E-state index < -0.39 is 0 Å². The van der Waals surface area contributed by atoms with Gasteiger partial charge >= 0.3 is 0 Å². The normalized spacial score (nSPS) is 9.33. The Bertz CT molecular complexity index is 440. The summed E-state index contributed by atoms with van der Waals surface area (Å²) < 4.78 is 0. The first kappa shape index (κ1) is 11.6. The average molecular weight is 217 g/mol. The predicted octanol–water partition coefficient (Wildman–Crippen LogP) is 2.58. The molecule has 0 unspecified atom stereocenters. The Morgan fingerprint density at radius 2 is 2.13 bits per heavy atom. The van der Waals surface area contributed by atoms with E-state index in [-0.39, 0.29) is 0 Å². The first-order valence-electron chi connectivity index (χ1n) is 4.57. The van der Waals surface area contributed by atoms with Crippen molar-refractivity contribution in [3.05, 3.63) is 22.9 Å². The summed E-state index contributed by atoms with van der Waals surface area (Å²) in [7, 11) is 0. The molecule has 0 aromatic carbocycles. The van der Waals surface area contributed by atoms with Crippen molar-refractivity contribution in [2.24, 2.45) is 0 Å². The van der Waals surface area contributed by atoms with Gasteiger partial charge in [-0.25, -0.2) is 4.98 Å². The number of nitrogens with zero attached hydrogens (tertiary/aromatic N) is 3. The Hall–Kier alpha value is -1.52. The molecule has 0 radical (unpaired) electrons. The van der Waals surface area contributed by atoms with Gasteiger partial charge in [0.1, 0.15) is 11.1 Å². The maximum atomic E-state index is 8.98. The lowest BCUT2D eigenvalue weighted by molar-refractivity contribution is 1.03. The van der Waals surface area contributed by atoms with Crippen molar-refractivity contribution in [3.63, 3.8) is 0 Å². The number of nitriles is 2. The highest BCUT2D eigenvalue weighted by atomic mass is 32.2. The van der Waals surface area contributed by atoms with Crippen LogP contribution in [-0.4, -0.2) is 10.7 Å². The summed E-state index contributed by atoms with van der Waals surface area (Å²) in [6.45, 7) is 3.81. The minimum Gasteiger partial charge on any atom is -0.245 e. The van der Waals surface area contributed by atoms with Crippen molar-refractivity contribution < 1.29 is 0 Å². The van der Waals surface area contributed by atoms with Gasteiger partial charge in [0.15, 0.2) is 0 Å². The number of hydrogen-bond acceptors (Lipinski definition) is 4. The van der Waals surface area contributed by atoms with E-state index in [4.69, 9.17) is 10.5 Å². The van der Waals surface area contributed by atoms with Crippen molar-refractivity contribution in [2.45, 2.75) is 25.3 Å². The molecule has 4 heteroatoms. The monoisotopic (exact) mass is 217 g/mol. The lowest BCUT2D eigenvalue weighted by atomic mass is 10.1. The smallest absolute Gasteiger partial charge is 0.114 e. The van der Waals surface area contributed by atoms with Crippen LogP contribution < -0.4 is 0 Å². The Morgan fingerprint density at radius 3 is 2.73 bits per heavy atom. The van der Waals surface area contributed by atoms with Crippen LogP contribution in [0, 0.1) is 36.5 Å². The number of aromatic nitrogens is 1. The van der Waals surface area contributed by atoms with E-state index in [1.807, 2.05) is 19.9 Å². The number of rotatable bonds is 3. The van der Waals surface area contributed by atoms with E-state index in [1.54, 1.807) is 0 Å². The summed E-state index contributed by atoms with van der Waals surface area (Å²) in [6, 6.07) is 6.12. The molecule has 0 amide bonds. The zero-order chi connectivity index (χ0) is 11.3. The molecule has 1 heterocycles. The van der Waals surface area contributed by atoms with Crippen LogP contribution in [-0.2, 0) is 0 Å². The standard InChI is InChI=1S/C11H11N3S/c1-8-6-9(2)14-11(10(8)7-13)15-5-3-4-12/h6H,3,5H2,1-2H3. The molecular weight excluding hydrogens is 206 g/mol. The summed E-state index contributed by atoms with van der Waals surface area (Å²) in [6.07, 6.45) is 0.476. The van der Waals surface area contributed by atoms with Gasteiger partial charge in [0.2, 0.25) is 0 Å². The van der Waals surface area contributed by atoms with Crippen LogP contribution in [0.3, 0.4) is 0 Å². The molecule has 0 spiro atoms. The lowest BCUT2D eigenvalue weighted by Gasteiger charge is -2.05. The van der Waals surface area contributed by atoms with E-state index >= 15 is 0 Å². The van der Waals surface area contributed by atoms with E-state index in [0.717, 1.165) is 16.3 Å². The fraction of sp³-hybridized carbons (Fsp3) is 0.364. The highest BCUT2D eigenvalue weighted by Crippen LogP contribution is 2.23. The Labute approximate surface area is 93.7 Å². The highest BCUT2D eigenvalue weighted by molar-refractivity contribution is 7.99. The molecule has 15 heavy (non-hydrogen) atoms. The molecule has 0 bridgehead atoms. The summed E-state index contributed by atoms with van der Waals surface area (Å²) in [5.41, 5.74) is 2.49. The largest absolute Gasteiger partial charge is 0.245 e. The third-order valence-electron chi connectivity index (χ3n) is 1.88. The van der Waals surface area contributed by atoms with Crippen molar-refractivity contribution in [3.8, 4) is 12.1 Å². The van der Waals surface area contributed by atoms with Gasteiger partial charge in [-0.2, -0.15) is 10.5 Å². The molecule has 76 valence electrons. The summed E-state index contributed by atoms with van der Waals surface area (Å²) >= 11 is 1.47. The Balaban J connectivity index is 2.96. The van der Waals surface area contributed by atoms with Crippen LogP contribution in [0.25, 0.3) is 0 Å². The third-order valence-corrected chi connectivity index (χ3v) is 2.85. The SMILES string of the molecule is Cc1cc(C)c(C#N)c(SCCC#N)n1. The molecule has 0 aliphatic rings. The van der Waals surface area contributed by atoms with Gasteiger partial charge in [0, 0.05) is 17.9 Å². The van der Waals surface area contributed by atoms with E-state index in [9.17, 15) is 0 Å². The fourth-order valence-corrected chi connectivity index (χ4v) is 2.18. The van der Waals surface area contributed by atoms with Crippen LogP contribution in [0.2, 0.25) is 0 Å². The van der Waals surface area contributed by atoms with Crippen LogP contribution in [0.1, 0.15) is 23.2 Å². The minimum atomic E-state index is 0.476. The number of aryl methyl sites for hydroxylation is 2. The lowest BCUT2D eigenvalue weighted by Crippen LogP contribution is -1.94. The highest BCUT2D eigenvalue weighted by Gasteiger charge is 2.08. The van der Waals surface area contributed by atoms with Gasteiger partial charge in [0.05, 0.1) is 11.6 Å². The summed E-state index contributed by atoms with van der Waals surface area (Å²) in [4.78, 5) is 4.31. The maximum Gasteiger partial charge on any atom is 0.114 e. The molecule has 0 N–H and O–H groups in total. The van der Waals surface area contributed by atoms with E-state index in [2.05, 4.69) is 17.1 Å². The average Bonchev–Trinajstić information content (AvgIpc) is 2.17. The third kappa shape index (κ3) is 2.97. The molecule has 3 nitrogen and oxygen atoms in total. The zero-order valence-corrected chi connectivity index (χ0v) is 9.56. The Morgan fingerprint density at radius 1 is 1.40 bits per heavy atom. The van der Waals surface area contributed by atoms with Crippen molar-refractivity contribution in [1.82, 2.24) is 4.98 Å². The second-order valence-corrected chi connectivity index (χ2v) is 4.21. The second kappa shape index (κ2) is 5.38. The molecule has 0 aliphatic heterocycles. The quantitative estimate of drug-likeness (QED) is 0.576. The molecule has 0 fully saturated rings. The van der Waals surface area contributed by atoms with Crippen molar-refractivity contribution in [2.75, 3.05) is 5.75 Å². The van der Waals surface area contributed by atoms with Gasteiger partial charge in [-0.1, -0.05) is 0 Å². The topological polar surface area (TPSA) is 60.5 Å². The maximum absolute atomic E-state index is 8.98. The predicted molar refractivity (Wildman–Crippen MR) is 59.4 cm³/mol. The molecule has 1 rings (SSSR count). The number of thioether (sulfide) groups is 1. The molecule has 0 aliphatic carbocycles. The van der Waals surface area contributed by atoms with E-state index in [0.29, 0.717) is 17.7 Å². The summed E-state index contributed by atoms with van der Waals surface area (Å²) in [5.74, 6) is 0.682. The molecule has 0 saturated carbocycles. The van der Waals surface area contributed by atoms with E-state index in [1.165, 1.54) is 11.8 Å². The van der Waals surface area contributed by atoms with Crippen LogP contribution in [0.15, 0.2) is 11.1 Å². The van der Waals surface area contributed by atoms with Crippen LogP contribution >= 0.6 is 11.8 Å².